The Bertz CT molecular complexity index is 3190. The highest BCUT2D eigenvalue weighted by atomic mass is 16.3. The van der Waals surface area contributed by atoms with Gasteiger partial charge < -0.3 is 13.7 Å². The Hall–Kier alpha value is -7.36. The van der Waals surface area contributed by atoms with Gasteiger partial charge in [-0.1, -0.05) is 152 Å². The molecule has 0 atom stereocenters. The third kappa shape index (κ3) is 5.28. The van der Waals surface area contributed by atoms with Crippen LogP contribution in [0.4, 0.5) is 17.1 Å². The third-order valence-corrected chi connectivity index (χ3v) is 10.8. The van der Waals surface area contributed by atoms with Crippen LogP contribution in [-0.2, 0) is 0 Å². The molecule has 11 aromatic rings. The lowest BCUT2D eigenvalue weighted by Crippen LogP contribution is -2.11. The maximum Gasteiger partial charge on any atom is 0.143 e. The highest BCUT2D eigenvalue weighted by molar-refractivity contribution is 6.13. The molecular weight excluding hydrogens is 671 g/mol. The van der Waals surface area contributed by atoms with E-state index in [1.165, 1.54) is 32.7 Å². The van der Waals surface area contributed by atoms with E-state index in [9.17, 15) is 0 Å². The van der Waals surface area contributed by atoms with Crippen molar-refractivity contribution in [1.29, 1.82) is 0 Å². The molecule has 11 rings (SSSR count). The molecule has 9 aromatic carbocycles. The van der Waals surface area contributed by atoms with Crippen LogP contribution in [0, 0.1) is 0 Å². The van der Waals surface area contributed by atoms with Crippen LogP contribution >= 0.6 is 0 Å². The molecule has 0 fully saturated rings. The molecule has 0 aliphatic rings. The molecule has 0 spiro atoms. The Morgan fingerprint density at radius 1 is 0.327 bits per heavy atom. The third-order valence-electron chi connectivity index (χ3n) is 10.8. The Morgan fingerprint density at radius 3 is 1.84 bits per heavy atom. The van der Waals surface area contributed by atoms with Gasteiger partial charge >= 0.3 is 0 Å². The second-order valence-corrected chi connectivity index (χ2v) is 14.1. The number of anilines is 3. The van der Waals surface area contributed by atoms with Crippen LogP contribution in [0.5, 0.6) is 0 Å². The molecule has 2 aromatic heterocycles. The van der Waals surface area contributed by atoms with E-state index >= 15 is 0 Å². The van der Waals surface area contributed by atoms with Crippen molar-refractivity contribution >= 4 is 71.5 Å². The summed E-state index contributed by atoms with van der Waals surface area (Å²) in [6.07, 6.45) is 0. The summed E-state index contributed by atoms with van der Waals surface area (Å²) in [7, 11) is 0. The van der Waals surface area contributed by atoms with Crippen molar-refractivity contribution < 1.29 is 8.83 Å². The number of fused-ring (bicyclic) bond motifs is 7. The molecule has 3 heteroatoms. The van der Waals surface area contributed by atoms with Crippen LogP contribution in [0.15, 0.2) is 209 Å². The van der Waals surface area contributed by atoms with Crippen LogP contribution in [0.1, 0.15) is 0 Å². The van der Waals surface area contributed by atoms with Gasteiger partial charge in [0.2, 0.25) is 0 Å². The molecule has 0 saturated heterocycles. The van der Waals surface area contributed by atoms with Crippen LogP contribution in [-0.4, -0.2) is 0 Å². The van der Waals surface area contributed by atoms with Crippen LogP contribution in [0.25, 0.3) is 88.0 Å². The lowest BCUT2D eigenvalue weighted by atomic mass is 9.99. The van der Waals surface area contributed by atoms with E-state index in [1.807, 2.05) is 24.3 Å². The zero-order valence-corrected chi connectivity index (χ0v) is 29.8. The van der Waals surface area contributed by atoms with Crippen molar-refractivity contribution in [1.82, 2.24) is 0 Å². The van der Waals surface area contributed by atoms with Crippen molar-refractivity contribution in [2.75, 3.05) is 4.90 Å². The van der Waals surface area contributed by atoms with Gasteiger partial charge in [-0.05, 0) is 75.1 Å². The topological polar surface area (TPSA) is 29.5 Å². The number of hydrogen-bond acceptors (Lipinski definition) is 3. The number of benzene rings is 9. The van der Waals surface area contributed by atoms with Crippen LogP contribution in [0.2, 0.25) is 0 Å². The number of hydrogen-bond donors (Lipinski definition) is 0. The summed E-state index contributed by atoms with van der Waals surface area (Å²) < 4.78 is 12.9. The zero-order valence-electron chi connectivity index (χ0n) is 29.8. The molecule has 0 radical (unpaired) electrons. The van der Waals surface area contributed by atoms with Crippen molar-refractivity contribution in [3.63, 3.8) is 0 Å². The van der Waals surface area contributed by atoms with Gasteiger partial charge in [-0.3, -0.25) is 0 Å². The molecule has 0 aliphatic carbocycles. The van der Waals surface area contributed by atoms with Gasteiger partial charge in [0, 0.05) is 50.3 Å². The average Bonchev–Trinajstić information content (AvgIpc) is 3.84. The molecule has 0 saturated carbocycles. The fourth-order valence-corrected chi connectivity index (χ4v) is 8.19. The van der Waals surface area contributed by atoms with Gasteiger partial charge in [-0.15, -0.1) is 0 Å². The monoisotopic (exact) mass is 703 g/mol. The summed E-state index contributed by atoms with van der Waals surface area (Å²) in [6.45, 7) is 0. The smallest absolute Gasteiger partial charge is 0.143 e. The molecule has 55 heavy (non-hydrogen) atoms. The second-order valence-electron chi connectivity index (χ2n) is 14.1. The summed E-state index contributed by atoms with van der Waals surface area (Å²) in [5.41, 5.74) is 11.3. The van der Waals surface area contributed by atoms with Crippen molar-refractivity contribution in [2.45, 2.75) is 0 Å². The summed E-state index contributed by atoms with van der Waals surface area (Å²) in [5, 5.41) is 8.18. The molecule has 3 nitrogen and oxygen atoms in total. The number of nitrogens with zero attached hydrogens (tertiary/aromatic N) is 1. The number of rotatable bonds is 6. The lowest BCUT2D eigenvalue weighted by molar-refractivity contribution is 0.628. The summed E-state index contributed by atoms with van der Waals surface area (Å²) in [5.74, 6) is 0.853. The highest BCUT2D eigenvalue weighted by Crippen LogP contribution is 2.44. The van der Waals surface area contributed by atoms with E-state index < -0.39 is 0 Å². The number of para-hydroxylation sites is 2. The normalized spacial score (nSPS) is 11.6. The van der Waals surface area contributed by atoms with Crippen molar-refractivity contribution in [2.24, 2.45) is 0 Å². The Morgan fingerprint density at radius 2 is 0.982 bits per heavy atom. The van der Waals surface area contributed by atoms with E-state index in [2.05, 4.69) is 181 Å². The first kappa shape index (κ1) is 31.2. The first-order valence-electron chi connectivity index (χ1n) is 18.7. The quantitative estimate of drug-likeness (QED) is 0.162. The van der Waals surface area contributed by atoms with E-state index in [-0.39, 0.29) is 0 Å². The van der Waals surface area contributed by atoms with Crippen LogP contribution in [0.3, 0.4) is 0 Å². The molecule has 0 aliphatic heterocycles. The maximum atomic E-state index is 6.64. The van der Waals surface area contributed by atoms with E-state index in [0.29, 0.717) is 0 Å². The molecule has 258 valence electrons. The van der Waals surface area contributed by atoms with Gasteiger partial charge in [0.15, 0.2) is 0 Å². The molecule has 0 unspecified atom stereocenters. The minimum Gasteiger partial charge on any atom is -0.456 e. The summed E-state index contributed by atoms with van der Waals surface area (Å²) in [4.78, 5) is 2.38. The predicted molar refractivity (Wildman–Crippen MR) is 229 cm³/mol. The van der Waals surface area contributed by atoms with E-state index in [4.69, 9.17) is 8.83 Å². The highest BCUT2D eigenvalue weighted by Gasteiger charge is 2.20. The fraction of sp³-hybridized carbons (Fsp3) is 0. The van der Waals surface area contributed by atoms with Gasteiger partial charge in [0.05, 0.1) is 5.69 Å². The van der Waals surface area contributed by atoms with Gasteiger partial charge in [-0.25, -0.2) is 0 Å². The first-order chi connectivity index (χ1) is 27.2. The van der Waals surface area contributed by atoms with E-state index in [1.54, 1.807) is 0 Å². The second kappa shape index (κ2) is 12.6. The summed E-state index contributed by atoms with van der Waals surface area (Å²) in [6, 6.07) is 71.0. The predicted octanol–water partition coefficient (Wildman–Crippen LogP) is 15.1. The molecule has 0 N–H and O–H groups in total. The van der Waals surface area contributed by atoms with Crippen molar-refractivity contribution in [3.05, 3.63) is 200 Å². The summed E-state index contributed by atoms with van der Waals surface area (Å²) >= 11 is 0. The number of furan rings is 2. The Balaban J connectivity index is 1.03. The average molecular weight is 704 g/mol. The van der Waals surface area contributed by atoms with Crippen LogP contribution < -0.4 is 4.90 Å². The first-order valence-corrected chi connectivity index (χ1v) is 18.7. The minimum absolute atomic E-state index is 0.813. The maximum absolute atomic E-state index is 6.64. The zero-order chi connectivity index (χ0) is 36.3. The molecule has 0 bridgehead atoms. The molecular formula is C52H33NO2. The largest absolute Gasteiger partial charge is 0.456 e. The standard InChI is InChI=1S/C52H33NO2/c1-3-12-34(13-4-1)44-18-9-10-21-48(44)53(41-28-29-43-38(30-41)23-22-35-14-7-8-17-42(35)43)40-26-24-36(25-27-40)45-19-11-20-46-47-31-39-32-49(37-15-5-2-6-16-37)54-50(39)33-51(47)55-52(45)46/h1-33H. The van der Waals surface area contributed by atoms with Gasteiger partial charge in [0.1, 0.15) is 22.5 Å². The minimum atomic E-state index is 0.813. The lowest BCUT2D eigenvalue weighted by Gasteiger charge is -2.28. The SMILES string of the molecule is c1ccc(-c2cc3cc4c(cc3o2)oc2c(-c3ccc(N(c5ccc6c(ccc7ccccc76)c5)c5ccccc5-c5ccccc5)cc3)cccc24)cc1. The Kier molecular flexibility index (Phi) is 7.17. The van der Waals surface area contributed by atoms with E-state index in [0.717, 1.165) is 72.4 Å². The molecule has 0 amide bonds. The molecule has 2 heterocycles. The van der Waals surface area contributed by atoms with Crippen molar-refractivity contribution in [3.8, 4) is 33.6 Å². The Labute approximate surface area is 317 Å². The fourth-order valence-electron chi connectivity index (χ4n) is 8.19. The van der Waals surface area contributed by atoms with Gasteiger partial charge in [0.25, 0.3) is 0 Å². The van der Waals surface area contributed by atoms with Gasteiger partial charge in [-0.2, -0.15) is 0 Å².